The monoisotopic (exact) mass is 315 g/mol. The summed E-state index contributed by atoms with van der Waals surface area (Å²) in [6, 6.07) is 9.51. The lowest BCUT2D eigenvalue weighted by Crippen LogP contribution is -2.35. The van der Waals surface area contributed by atoms with E-state index in [1.165, 1.54) is 6.33 Å². The number of anilines is 1. The van der Waals surface area contributed by atoms with E-state index in [2.05, 4.69) is 15.0 Å². The van der Waals surface area contributed by atoms with Gasteiger partial charge in [-0.1, -0.05) is 30.3 Å². The van der Waals surface area contributed by atoms with Crippen molar-refractivity contribution in [3.05, 3.63) is 52.6 Å². The van der Waals surface area contributed by atoms with Crippen molar-refractivity contribution in [1.29, 1.82) is 0 Å². The van der Waals surface area contributed by atoms with E-state index in [0.29, 0.717) is 5.65 Å². The molecule has 2 aromatic heterocycles. The zero-order chi connectivity index (χ0) is 16.4. The van der Waals surface area contributed by atoms with E-state index in [1.807, 2.05) is 30.3 Å². The fraction of sp³-hybridized carbons (Fsp3) is 0.267. The molecule has 0 atom stereocenters. The van der Waals surface area contributed by atoms with Crippen molar-refractivity contribution in [1.82, 2.24) is 19.5 Å². The van der Waals surface area contributed by atoms with Gasteiger partial charge < -0.3 is 19.8 Å². The van der Waals surface area contributed by atoms with Crippen LogP contribution in [0.4, 0.5) is 5.95 Å². The van der Waals surface area contributed by atoms with Crippen LogP contribution in [0.25, 0.3) is 11.2 Å². The summed E-state index contributed by atoms with van der Waals surface area (Å²) in [5.41, 5.74) is 6.67. The highest BCUT2D eigenvalue weighted by molar-refractivity contribution is 5.70. The van der Waals surface area contributed by atoms with Gasteiger partial charge in [0.05, 0.1) is 12.9 Å². The number of fused-ring (bicyclic) bond motifs is 1. The van der Waals surface area contributed by atoms with E-state index in [1.54, 1.807) is 18.8 Å². The van der Waals surface area contributed by atoms with Crippen LogP contribution >= 0.6 is 0 Å². The lowest BCUT2D eigenvalue weighted by Gasteiger charge is -2.31. The van der Waals surface area contributed by atoms with Gasteiger partial charge in [0, 0.05) is 19.8 Å². The first-order chi connectivity index (χ1) is 11.1. The minimum Gasteiger partial charge on any atom is -0.369 e. The maximum absolute atomic E-state index is 11.9. The summed E-state index contributed by atoms with van der Waals surface area (Å²) in [5.74, 6) is -1.00. The molecule has 8 nitrogen and oxygen atoms in total. The van der Waals surface area contributed by atoms with Gasteiger partial charge in [-0.2, -0.15) is 4.98 Å². The molecule has 0 unspecified atom stereocenters. The highest BCUT2D eigenvalue weighted by atomic mass is 16.7. The maximum Gasteiger partial charge on any atom is 0.280 e. The first-order valence-electron chi connectivity index (χ1n) is 6.96. The zero-order valence-electron chi connectivity index (χ0n) is 12.8. The fourth-order valence-corrected chi connectivity index (χ4v) is 2.54. The molecule has 0 spiro atoms. The Morgan fingerprint density at radius 3 is 2.61 bits per heavy atom. The highest BCUT2D eigenvalue weighted by Crippen LogP contribution is 2.28. The van der Waals surface area contributed by atoms with Crippen LogP contribution in [-0.4, -0.2) is 33.7 Å². The summed E-state index contributed by atoms with van der Waals surface area (Å²) >= 11 is 0. The van der Waals surface area contributed by atoms with Gasteiger partial charge in [0.25, 0.3) is 5.56 Å². The topological polar surface area (TPSA) is 108 Å². The largest absolute Gasteiger partial charge is 0.369 e. The number of nitrogens with two attached hydrogens (primary N) is 1. The van der Waals surface area contributed by atoms with Crippen LogP contribution in [-0.2, 0) is 21.8 Å². The first kappa shape index (κ1) is 15.2. The Bertz CT molecular complexity index is 868. The van der Waals surface area contributed by atoms with Crippen molar-refractivity contribution in [3.8, 4) is 0 Å². The first-order valence-corrected chi connectivity index (χ1v) is 6.96. The van der Waals surface area contributed by atoms with E-state index in [9.17, 15) is 4.79 Å². The number of hydrogen-bond donors (Lipinski definition) is 2. The second kappa shape index (κ2) is 5.82. The summed E-state index contributed by atoms with van der Waals surface area (Å²) in [5, 5.41) is 0. The van der Waals surface area contributed by atoms with E-state index >= 15 is 0 Å². The minimum atomic E-state index is -1.03. The number of aromatic amines is 1. The molecule has 3 rings (SSSR count). The number of imidazole rings is 1. The highest BCUT2D eigenvalue weighted by Gasteiger charge is 2.33. The van der Waals surface area contributed by atoms with E-state index in [0.717, 1.165) is 5.56 Å². The number of benzene rings is 1. The van der Waals surface area contributed by atoms with Crippen molar-refractivity contribution in [2.24, 2.45) is 0 Å². The molecule has 0 amide bonds. The number of ether oxygens (including phenoxy) is 2. The quantitative estimate of drug-likeness (QED) is 0.676. The number of rotatable bonds is 5. The normalized spacial score (nSPS) is 11.9. The molecule has 120 valence electrons. The number of H-pyrrole nitrogens is 1. The van der Waals surface area contributed by atoms with Gasteiger partial charge in [0.15, 0.2) is 11.2 Å². The third kappa shape index (κ3) is 2.58. The molecule has 0 radical (unpaired) electrons. The molecule has 0 saturated carbocycles. The molecule has 2 heterocycles. The molecule has 0 aliphatic carbocycles. The Labute approximate surface area is 131 Å². The summed E-state index contributed by atoms with van der Waals surface area (Å²) in [4.78, 5) is 22.5. The van der Waals surface area contributed by atoms with Gasteiger partial charge in [-0.3, -0.25) is 9.78 Å². The number of hydrogen-bond acceptors (Lipinski definition) is 6. The maximum atomic E-state index is 11.9. The number of methoxy groups -OCH3 is 2. The summed E-state index contributed by atoms with van der Waals surface area (Å²) < 4.78 is 13.0. The van der Waals surface area contributed by atoms with Gasteiger partial charge >= 0.3 is 0 Å². The molecule has 0 saturated heterocycles. The van der Waals surface area contributed by atoms with Gasteiger partial charge in [-0.05, 0) is 0 Å². The van der Waals surface area contributed by atoms with Crippen LogP contribution in [0, 0.1) is 0 Å². The van der Waals surface area contributed by atoms with Crippen LogP contribution in [0.15, 0.2) is 41.5 Å². The van der Waals surface area contributed by atoms with E-state index < -0.39 is 5.79 Å². The predicted molar refractivity (Wildman–Crippen MR) is 84.7 cm³/mol. The van der Waals surface area contributed by atoms with E-state index in [4.69, 9.17) is 15.2 Å². The lowest BCUT2D eigenvalue weighted by molar-refractivity contribution is -0.224. The molecule has 8 heteroatoms. The molecular weight excluding hydrogens is 298 g/mol. The van der Waals surface area contributed by atoms with Crippen LogP contribution in [0.5, 0.6) is 0 Å². The fourth-order valence-electron chi connectivity index (χ4n) is 2.54. The Hall–Kier alpha value is -2.71. The number of nitrogen functional groups attached to an aromatic ring is 1. The number of nitrogens with zero attached hydrogens (tertiary/aromatic N) is 3. The third-order valence-electron chi connectivity index (χ3n) is 3.74. The standard InChI is InChI=1S/C15H17N5O3/c1-22-15(23-2,10-6-4-3-5-7-10)8-20-9-17-11-12(20)18-14(16)19-13(11)21/h3-7,9H,8H2,1-2H3,(H3,16,18,19,21). The van der Waals surface area contributed by atoms with Crippen LogP contribution < -0.4 is 11.3 Å². The SMILES string of the molecule is COC(Cn1cnc2c(=O)[nH]c(N)nc21)(OC)c1ccccc1. The third-order valence-corrected chi connectivity index (χ3v) is 3.74. The summed E-state index contributed by atoms with van der Waals surface area (Å²) in [6.45, 7) is 0.260. The van der Waals surface area contributed by atoms with Crippen LogP contribution in [0.2, 0.25) is 0 Å². The van der Waals surface area contributed by atoms with Crippen LogP contribution in [0.1, 0.15) is 5.56 Å². The molecule has 23 heavy (non-hydrogen) atoms. The Morgan fingerprint density at radius 2 is 1.96 bits per heavy atom. The molecule has 0 aliphatic rings. The molecule has 0 bridgehead atoms. The molecule has 0 fully saturated rings. The molecule has 1 aromatic carbocycles. The molecule has 3 N–H and O–H groups in total. The van der Waals surface area contributed by atoms with Crippen molar-refractivity contribution in [2.45, 2.75) is 12.3 Å². The Kier molecular flexibility index (Phi) is 3.85. The second-order valence-corrected chi connectivity index (χ2v) is 5.02. The van der Waals surface area contributed by atoms with Crippen LogP contribution in [0.3, 0.4) is 0 Å². The van der Waals surface area contributed by atoms with Gasteiger partial charge in [-0.25, -0.2) is 4.98 Å². The molecular formula is C15H17N5O3. The second-order valence-electron chi connectivity index (χ2n) is 5.02. The Balaban J connectivity index is 2.10. The van der Waals surface area contributed by atoms with Crippen molar-refractivity contribution in [2.75, 3.05) is 20.0 Å². The van der Waals surface area contributed by atoms with Gasteiger partial charge in [-0.15, -0.1) is 0 Å². The zero-order valence-corrected chi connectivity index (χ0v) is 12.8. The average molecular weight is 315 g/mol. The predicted octanol–water partition coefficient (Wildman–Crippen LogP) is 0.848. The molecule has 3 aromatic rings. The van der Waals surface area contributed by atoms with Gasteiger partial charge in [0.2, 0.25) is 11.7 Å². The van der Waals surface area contributed by atoms with Crippen molar-refractivity contribution >= 4 is 17.1 Å². The Morgan fingerprint density at radius 1 is 1.26 bits per heavy atom. The van der Waals surface area contributed by atoms with Crippen molar-refractivity contribution in [3.63, 3.8) is 0 Å². The van der Waals surface area contributed by atoms with Crippen molar-refractivity contribution < 1.29 is 9.47 Å². The average Bonchev–Trinajstić information content (AvgIpc) is 2.96. The van der Waals surface area contributed by atoms with E-state index in [-0.39, 0.29) is 23.6 Å². The summed E-state index contributed by atoms with van der Waals surface area (Å²) in [7, 11) is 3.12. The minimum absolute atomic E-state index is 0.0318. The number of aromatic nitrogens is 4. The molecule has 0 aliphatic heterocycles. The van der Waals surface area contributed by atoms with Gasteiger partial charge in [0.1, 0.15) is 0 Å². The smallest absolute Gasteiger partial charge is 0.280 e. The number of nitrogens with one attached hydrogen (secondary N) is 1. The summed E-state index contributed by atoms with van der Waals surface area (Å²) in [6.07, 6.45) is 1.52. The lowest BCUT2D eigenvalue weighted by atomic mass is 10.1.